The van der Waals surface area contributed by atoms with Crippen LogP contribution in [0.1, 0.15) is 50.2 Å². The van der Waals surface area contributed by atoms with Crippen LogP contribution in [0.5, 0.6) is 0 Å². The lowest BCUT2D eigenvalue weighted by Gasteiger charge is -2.55. The van der Waals surface area contributed by atoms with Gasteiger partial charge in [0.25, 0.3) is 11.6 Å². The van der Waals surface area contributed by atoms with Crippen molar-refractivity contribution in [2.45, 2.75) is 55.5 Å². The summed E-state index contributed by atoms with van der Waals surface area (Å²) in [6.07, 6.45) is 4.81. The number of amides is 1. The number of nitrogens with one attached hydrogen (secondary N) is 1. The number of nitro benzene ring substituents is 1. The molecule has 174 valence electrons. The standard InChI is InChI=1S/C22H26Cl2N2O6/c23-19(24)20(28)25-17(18(27)15-1-3-16(4-2-15)26(30)31)11-32-21(29)22-8-12-5-13(9-22)7-14(6-12)10-22/h1-4,12-14,17-19,27H,5-11H2,(H,25,28). The summed E-state index contributed by atoms with van der Waals surface area (Å²) in [4.78, 5) is 34.2. The lowest BCUT2D eigenvalue weighted by molar-refractivity contribution is -0.384. The van der Waals surface area contributed by atoms with Gasteiger partial charge < -0.3 is 15.2 Å². The van der Waals surface area contributed by atoms with E-state index in [1.807, 2.05) is 0 Å². The molecule has 0 aliphatic heterocycles. The minimum atomic E-state index is -1.36. The van der Waals surface area contributed by atoms with Crippen LogP contribution >= 0.6 is 23.2 Å². The second kappa shape index (κ2) is 9.15. The van der Waals surface area contributed by atoms with E-state index >= 15 is 0 Å². The number of aliphatic hydroxyl groups is 1. The SMILES string of the molecule is O=C(NC(COC(=O)C12CC3CC(CC(C3)C1)C2)C(O)c1ccc([N+](=O)[O-])cc1)C(Cl)Cl. The van der Waals surface area contributed by atoms with Crippen LogP contribution in [-0.4, -0.2) is 39.4 Å². The Labute approximate surface area is 195 Å². The van der Waals surface area contributed by atoms with E-state index in [2.05, 4.69) is 5.32 Å². The molecule has 2 unspecified atom stereocenters. The lowest BCUT2D eigenvalue weighted by atomic mass is 9.49. The van der Waals surface area contributed by atoms with Gasteiger partial charge >= 0.3 is 5.97 Å². The van der Waals surface area contributed by atoms with E-state index in [-0.39, 0.29) is 18.3 Å². The van der Waals surface area contributed by atoms with Gasteiger partial charge in [-0.3, -0.25) is 19.7 Å². The monoisotopic (exact) mass is 484 g/mol. The first-order valence-electron chi connectivity index (χ1n) is 10.8. The Balaban J connectivity index is 1.46. The van der Waals surface area contributed by atoms with Crippen LogP contribution in [0.15, 0.2) is 24.3 Å². The molecule has 10 heteroatoms. The lowest BCUT2D eigenvalue weighted by Crippen LogP contribution is -2.52. The largest absolute Gasteiger partial charge is 0.463 e. The highest BCUT2D eigenvalue weighted by atomic mass is 35.5. The van der Waals surface area contributed by atoms with Gasteiger partial charge in [0.05, 0.1) is 16.4 Å². The van der Waals surface area contributed by atoms with Crippen LogP contribution in [-0.2, 0) is 14.3 Å². The topological polar surface area (TPSA) is 119 Å². The number of benzene rings is 1. The molecule has 4 aliphatic carbocycles. The molecule has 2 atom stereocenters. The molecule has 0 radical (unpaired) electrons. The molecule has 1 aromatic carbocycles. The van der Waals surface area contributed by atoms with Crippen molar-refractivity contribution in [3.05, 3.63) is 39.9 Å². The quantitative estimate of drug-likeness (QED) is 0.251. The van der Waals surface area contributed by atoms with Crippen LogP contribution in [0.25, 0.3) is 0 Å². The van der Waals surface area contributed by atoms with E-state index < -0.39 is 33.2 Å². The smallest absolute Gasteiger partial charge is 0.312 e. The van der Waals surface area contributed by atoms with Crippen LogP contribution in [0, 0.1) is 33.3 Å². The molecule has 4 fully saturated rings. The molecule has 8 nitrogen and oxygen atoms in total. The number of non-ortho nitro benzene ring substituents is 1. The summed E-state index contributed by atoms with van der Waals surface area (Å²) in [6, 6.07) is 4.28. The Morgan fingerprint density at radius 1 is 1.12 bits per heavy atom. The van der Waals surface area contributed by atoms with Crippen molar-refractivity contribution >= 4 is 40.8 Å². The van der Waals surface area contributed by atoms with Gasteiger partial charge in [0.15, 0.2) is 4.84 Å². The number of halogens is 2. The third kappa shape index (κ3) is 4.72. The maximum absolute atomic E-state index is 13.2. The Bertz CT molecular complexity index is 856. The number of hydrogen-bond acceptors (Lipinski definition) is 6. The average molecular weight is 485 g/mol. The third-order valence-electron chi connectivity index (χ3n) is 7.22. The van der Waals surface area contributed by atoms with Gasteiger partial charge in [-0.25, -0.2) is 0 Å². The van der Waals surface area contributed by atoms with Gasteiger partial charge in [-0.05, 0) is 74.0 Å². The molecule has 0 spiro atoms. The van der Waals surface area contributed by atoms with Crippen LogP contribution in [0.2, 0.25) is 0 Å². The van der Waals surface area contributed by atoms with Gasteiger partial charge in [0.2, 0.25) is 0 Å². The molecular weight excluding hydrogens is 459 g/mol. The normalized spacial score (nSPS) is 30.1. The third-order valence-corrected chi connectivity index (χ3v) is 7.61. The van der Waals surface area contributed by atoms with Crippen molar-refractivity contribution in [3.63, 3.8) is 0 Å². The highest BCUT2D eigenvalue weighted by Gasteiger charge is 2.55. The van der Waals surface area contributed by atoms with E-state index in [9.17, 15) is 24.8 Å². The highest BCUT2D eigenvalue weighted by Crippen LogP contribution is 2.60. The second-order valence-corrected chi connectivity index (χ2v) is 10.6. The predicted molar refractivity (Wildman–Crippen MR) is 117 cm³/mol. The second-order valence-electron chi connectivity index (χ2n) is 9.51. The van der Waals surface area contributed by atoms with Crippen molar-refractivity contribution in [1.29, 1.82) is 0 Å². The predicted octanol–water partition coefficient (Wildman–Crippen LogP) is 3.68. The molecule has 4 saturated carbocycles. The van der Waals surface area contributed by atoms with Crippen molar-refractivity contribution in [2.24, 2.45) is 23.2 Å². The fraction of sp³-hybridized carbons (Fsp3) is 0.636. The zero-order valence-corrected chi connectivity index (χ0v) is 18.9. The number of nitro groups is 1. The Morgan fingerprint density at radius 2 is 1.66 bits per heavy atom. The van der Waals surface area contributed by atoms with E-state index in [4.69, 9.17) is 27.9 Å². The first-order valence-corrected chi connectivity index (χ1v) is 11.7. The Hall–Kier alpha value is -1.90. The molecule has 0 heterocycles. The summed E-state index contributed by atoms with van der Waals surface area (Å²) in [7, 11) is 0. The zero-order chi connectivity index (χ0) is 23.0. The average Bonchev–Trinajstić information content (AvgIpc) is 2.74. The van der Waals surface area contributed by atoms with Crippen molar-refractivity contribution in [1.82, 2.24) is 5.32 Å². The summed E-state index contributed by atoms with van der Waals surface area (Å²) < 4.78 is 5.67. The van der Waals surface area contributed by atoms with Crippen molar-refractivity contribution in [2.75, 3.05) is 6.61 Å². The number of esters is 1. The molecule has 4 aliphatic rings. The molecule has 0 aromatic heterocycles. The number of carbonyl (C=O) groups is 2. The molecule has 1 amide bonds. The molecule has 1 aromatic rings. The number of ether oxygens (including phenoxy) is 1. The van der Waals surface area contributed by atoms with E-state index in [1.165, 1.54) is 43.5 Å². The molecule has 5 rings (SSSR count). The van der Waals surface area contributed by atoms with E-state index in [1.54, 1.807) is 0 Å². The Kier molecular flexibility index (Phi) is 6.66. The fourth-order valence-corrected chi connectivity index (χ4v) is 6.29. The zero-order valence-electron chi connectivity index (χ0n) is 17.4. The first kappa shape index (κ1) is 23.3. The minimum Gasteiger partial charge on any atom is -0.463 e. The molecule has 4 bridgehead atoms. The van der Waals surface area contributed by atoms with Crippen molar-refractivity contribution in [3.8, 4) is 0 Å². The van der Waals surface area contributed by atoms with E-state index in [0.29, 0.717) is 23.3 Å². The number of carbonyl (C=O) groups excluding carboxylic acids is 2. The first-order chi connectivity index (χ1) is 15.2. The highest BCUT2D eigenvalue weighted by molar-refractivity contribution is 6.53. The summed E-state index contributed by atoms with van der Waals surface area (Å²) >= 11 is 11.3. The van der Waals surface area contributed by atoms with Crippen LogP contribution < -0.4 is 5.32 Å². The number of alkyl halides is 2. The fourth-order valence-electron chi connectivity index (χ4n) is 6.16. The van der Waals surface area contributed by atoms with Gasteiger partial charge in [-0.1, -0.05) is 23.2 Å². The summed E-state index contributed by atoms with van der Waals surface area (Å²) in [5.41, 5.74) is -0.271. The number of rotatable bonds is 8. The molecular formula is C22H26Cl2N2O6. The molecule has 0 saturated heterocycles. The summed E-state index contributed by atoms with van der Waals surface area (Å²) in [5.74, 6) is 0.708. The number of hydrogen-bond donors (Lipinski definition) is 2. The van der Waals surface area contributed by atoms with E-state index in [0.717, 1.165) is 19.3 Å². The van der Waals surface area contributed by atoms with Gasteiger partial charge in [-0.15, -0.1) is 0 Å². The summed E-state index contributed by atoms with van der Waals surface area (Å²) in [6.45, 7) is -0.259. The van der Waals surface area contributed by atoms with Crippen molar-refractivity contribution < 1.29 is 24.4 Å². The molecule has 2 N–H and O–H groups in total. The number of aliphatic hydroxyl groups excluding tert-OH is 1. The number of nitrogens with zero attached hydrogens (tertiary/aromatic N) is 1. The summed E-state index contributed by atoms with van der Waals surface area (Å²) in [5, 5.41) is 24.2. The van der Waals surface area contributed by atoms with Gasteiger partial charge in [0.1, 0.15) is 12.7 Å². The Morgan fingerprint density at radius 3 is 2.12 bits per heavy atom. The van der Waals surface area contributed by atoms with Gasteiger partial charge in [0, 0.05) is 12.1 Å². The maximum Gasteiger partial charge on any atom is 0.312 e. The van der Waals surface area contributed by atoms with Crippen LogP contribution in [0.4, 0.5) is 5.69 Å². The molecule has 32 heavy (non-hydrogen) atoms. The van der Waals surface area contributed by atoms with Gasteiger partial charge in [-0.2, -0.15) is 0 Å². The maximum atomic E-state index is 13.2. The minimum absolute atomic E-state index is 0.128. The van der Waals surface area contributed by atoms with Crippen LogP contribution in [0.3, 0.4) is 0 Å².